The number of nitrogens with zero attached hydrogens (tertiary/aromatic N) is 4. The lowest BCUT2D eigenvalue weighted by Gasteiger charge is -2.02. The summed E-state index contributed by atoms with van der Waals surface area (Å²) in [5, 5.41) is 0. The second-order valence-corrected chi connectivity index (χ2v) is 3.71. The van der Waals surface area contributed by atoms with Crippen LogP contribution >= 0.6 is 0 Å². The van der Waals surface area contributed by atoms with E-state index in [0.29, 0.717) is 22.9 Å². The molecule has 1 saturated carbocycles. The zero-order valence-corrected chi connectivity index (χ0v) is 8.01. The predicted molar refractivity (Wildman–Crippen MR) is 55.9 cm³/mol. The van der Waals surface area contributed by atoms with Crippen LogP contribution in [0.2, 0.25) is 0 Å². The summed E-state index contributed by atoms with van der Waals surface area (Å²) in [5.41, 5.74) is 13.2. The minimum atomic E-state index is 0.133. The fourth-order valence-electron chi connectivity index (χ4n) is 1.54. The van der Waals surface area contributed by atoms with E-state index in [4.69, 9.17) is 11.5 Å². The number of aromatic nitrogens is 4. The zero-order chi connectivity index (χ0) is 10.4. The highest BCUT2D eigenvalue weighted by atomic mass is 15.1. The van der Waals surface area contributed by atoms with Crippen LogP contribution in [-0.2, 0) is 0 Å². The van der Waals surface area contributed by atoms with Gasteiger partial charge >= 0.3 is 0 Å². The molecular formula is C9H10N6. The summed E-state index contributed by atoms with van der Waals surface area (Å²) in [7, 11) is 0. The van der Waals surface area contributed by atoms with E-state index in [-0.39, 0.29) is 5.95 Å². The lowest BCUT2D eigenvalue weighted by Crippen LogP contribution is -2.04. The summed E-state index contributed by atoms with van der Waals surface area (Å²) in [6, 6.07) is 0. The third kappa shape index (κ3) is 1.34. The van der Waals surface area contributed by atoms with Gasteiger partial charge in [-0.3, -0.25) is 0 Å². The number of nitrogen functional groups attached to an aromatic ring is 2. The number of fused-ring (bicyclic) bond motifs is 1. The van der Waals surface area contributed by atoms with E-state index in [1.165, 1.54) is 12.8 Å². The molecule has 2 heterocycles. The minimum Gasteiger partial charge on any atom is -0.382 e. The van der Waals surface area contributed by atoms with Crippen LogP contribution in [0.4, 0.5) is 11.8 Å². The molecule has 0 unspecified atom stereocenters. The summed E-state index contributed by atoms with van der Waals surface area (Å²) >= 11 is 0. The molecule has 0 radical (unpaired) electrons. The lowest BCUT2D eigenvalue weighted by atomic mass is 10.3. The fourth-order valence-corrected chi connectivity index (χ4v) is 1.54. The van der Waals surface area contributed by atoms with Crippen LogP contribution in [0, 0.1) is 0 Å². The van der Waals surface area contributed by atoms with Crippen LogP contribution in [0.15, 0.2) is 6.20 Å². The fraction of sp³-hybridized carbons (Fsp3) is 0.333. The maximum absolute atomic E-state index is 5.71. The third-order valence-electron chi connectivity index (χ3n) is 2.47. The average Bonchev–Trinajstić information content (AvgIpc) is 3.00. The van der Waals surface area contributed by atoms with Gasteiger partial charge in [0.1, 0.15) is 0 Å². The van der Waals surface area contributed by atoms with Gasteiger partial charge in [-0.05, 0) is 12.8 Å². The predicted octanol–water partition coefficient (Wildman–Crippen LogP) is 0.462. The van der Waals surface area contributed by atoms with Gasteiger partial charge in [0.25, 0.3) is 0 Å². The second kappa shape index (κ2) is 2.75. The van der Waals surface area contributed by atoms with E-state index in [0.717, 1.165) is 5.69 Å². The molecule has 1 aliphatic rings. The third-order valence-corrected chi connectivity index (χ3v) is 2.47. The molecule has 0 aromatic carbocycles. The summed E-state index contributed by atoms with van der Waals surface area (Å²) in [6.07, 6.45) is 4.09. The minimum absolute atomic E-state index is 0.133. The molecule has 0 aliphatic heterocycles. The molecule has 15 heavy (non-hydrogen) atoms. The van der Waals surface area contributed by atoms with Gasteiger partial charge in [0.05, 0.1) is 11.9 Å². The first-order chi connectivity index (χ1) is 7.24. The van der Waals surface area contributed by atoms with E-state index >= 15 is 0 Å². The number of anilines is 2. The highest BCUT2D eigenvalue weighted by Crippen LogP contribution is 2.39. The van der Waals surface area contributed by atoms with Gasteiger partial charge in [0.15, 0.2) is 17.0 Å². The molecule has 1 fully saturated rings. The van der Waals surface area contributed by atoms with Crippen LogP contribution in [0.1, 0.15) is 24.5 Å². The summed E-state index contributed by atoms with van der Waals surface area (Å²) in [6.45, 7) is 0. The number of rotatable bonds is 1. The molecule has 2 aromatic heterocycles. The van der Waals surface area contributed by atoms with E-state index in [1.54, 1.807) is 6.20 Å². The Bertz CT molecular complexity index is 533. The van der Waals surface area contributed by atoms with Gasteiger partial charge in [-0.2, -0.15) is 9.97 Å². The smallest absolute Gasteiger partial charge is 0.224 e. The molecule has 6 heteroatoms. The summed E-state index contributed by atoms with van der Waals surface area (Å²) in [4.78, 5) is 16.4. The molecule has 3 rings (SSSR count). The van der Waals surface area contributed by atoms with E-state index in [2.05, 4.69) is 19.9 Å². The molecule has 0 spiro atoms. The Labute approximate surface area is 85.8 Å². The van der Waals surface area contributed by atoms with Crippen molar-refractivity contribution in [3.05, 3.63) is 11.9 Å². The van der Waals surface area contributed by atoms with Gasteiger partial charge in [-0.1, -0.05) is 0 Å². The second-order valence-electron chi connectivity index (χ2n) is 3.71. The van der Waals surface area contributed by atoms with Crippen LogP contribution < -0.4 is 11.5 Å². The topological polar surface area (TPSA) is 104 Å². The van der Waals surface area contributed by atoms with Crippen molar-refractivity contribution >= 4 is 22.9 Å². The molecule has 6 nitrogen and oxygen atoms in total. The van der Waals surface area contributed by atoms with Crippen molar-refractivity contribution in [3.63, 3.8) is 0 Å². The highest BCUT2D eigenvalue weighted by Gasteiger charge is 2.25. The van der Waals surface area contributed by atoms with Crippen molar-refractivity contribution in [2.45, 2.75) is 18.8 Å². The van der Waals surface area contributed by atoms with Gasteiger partial charge in [-0.25, -0.2) is 9.97 Å². The van der Waals surface area contributed by atoms with E-state index in [9.17, 15) is 0 Å². The van der Waals surface area contributed by atoms with Crippen LogP contribution in [-0.4, -0.2) is 19.9 Å². The van der Waals surface area contributed by atoms with Crippen molar-refractivity contribution in [2.75, 3.05) is 11.5 Å². The quantitative estimate of drug-likeness (QED) is 0.696. The average molecular weight is 202 g/mol. The SMILES string of the molecule is Nc1nc(N)c2nc(C3CC3)cnc2n1. The first-order valence-corrected chi connectivity index (χ1v) is 4.79. The van der Waals surface area contributed by atoms with Gasteiger partial charge < -0.3 is 11.5 Å². The number of nitrogens with two attached hydrogens (primary N) is 2. The Morgan fingerprint density at radius 3 is 2.67 bits per heavy atom. The Morgan fingerprint density at radius 1 is 1.13 bits per heavy atom. The van der Waals surface area contributed by atoms with Gasteiger partial charge in [0, 0.05) is 5.92 Å². The van der Waals surface area contributed by atoms with Crippen molar-refractivity contribution in [3.8, 4) is 0 Å². The molecule has 2 aromatic rings. The standard InChI is InChI=1S/C9H10N6/c10-7-6-8(15-9(11)14-7)12-3-5(13-6)4-1-2-4/h3-4H,1-2H2,(H4,10,11,12,14,15). The Kier molecular flexibility index (Phi) is 1.53. The Hall–Kier alpha value is -1.98. The summed E-state index contributed by atoms with van der Waals surface area (Å²) < 4.78 is 0. The summed E-state index contributed by atoms with van der Waals surface area (Å²) in [5.74, 6) is 0.972. The molecular weight excluding hydrogens is 192 g/mol. The number of hydrogen-bond donors (Lipinski definition) is 2. The normalized spacial score (nSPS) is 15.7. The lowest BCUT2D eigenvalue weighted by molar-refractivity contribution is 1.01. The van der Waals surface area contributed by atoms with Crippen molar-refractivity contribution in [1.82, 2.24) is 19.9 Å². The maximum Gasteiger partial charge on any atom is 0.224 e. The molecule has 4 N–H and O–H groups in total. The van der Waals surface area contributed by atoms with E-state index < -0.39 is 0 Å². The number of hydrogen-bond acceptors (Lipinski definition) is 6. The van der Waals surface area contributed by atoms with Crippen molar-refractivity contribution in [1.29, 1.82) is 0 Å². The largest absolute Gasteiger partial charge is 0.382 e. The zero-order valence-electron chi connectivity index (χ0n) is 8.01. The molecule has 0 atom stereocenters. The van der Waals surface area contributed by atoms with Crippen LogP contribution in [0.25, 0.3) is 11.2 Å². The molecule has 76 valence electrons. The van der Waals surface area contributed by atoms with Crippen molar-refractivity contribution in [2.24, 2.45) is 0 Å². The van der Waals surface area contributed by atoms with E-state index in [1.807, 2.05) is 0 Å². The molecule has 0 amide bonds. The first-order valence-electron chi connectivity index (χ1n) is 4.79. The van der Waals surface area contributed by atoms with Crippen LogP contribution in [0.5, 0.6) is 0 Å². The van der Waals surface area contributed by atoms with Crippen LogP contribution in [0.3, 0.4) is 0 Å². The first kappa shape index (κ1) is 8.34. The maximum atomic E-state index is 5.71. The van der Waals surface area contributed by atoms with Gasteiger partial charge in [-0.15, -0.1) is 0 Å². The molecule has 0 saturated heterocycles. The molecule has 1 aliphatic carbocycles. The van der Waals surface area contributed by atoms with Crippen molar-refractivity contribution < 1.29 is 0 Å². The Morgan fingerprint density at radius 2 is 1.93 bits per heavy atom. The monoisotopic (exact) mass is 202 g/mol. The van der Waals surface area contributed by atoms with Gasteiger partial charge in [0.2, 0.25) is 5.95 Å². The Balaban J connectivity index is 2.25. The molecule has 0 bridgehead atoms. The highest BCUT2D eigenvalue weighted by molar-refractivity contribution is 5.81.